The van der Waals surface area contributed by atoms with Gasteiger partial charge >= 0.3 is 0 Å². The molecule has 1 saturated heterocycles. The van der Waals surface area contributed by atoms with Crippen LogP contribution in [0.5, 0.6) is 0 Å². The predicted molar refractivity (Wildman–Crippen MR) is 137 cm³/mol. The summed E-state index contributed by atoms with van der Waals surface area (Å²) in [6.45, 7) is 5.24. The minimum atomic E-state index is -3.72. The third-order valence-electron chi connectivity index (χ3n) is 6.38. The molecule has 2 amide bonds. The number of sulfonamides is 1. The zero-order valence-corrected chi connectivity index (χ0v) is 20.9. The van der Waals surface area contributed by atoms with E-state index in [2.05, 4.69) is 5.32 Å². The number of carbonyl (C=O) groups is 2. The standard InChI is InChI=1S/C27H29N3O4S/c1-19-9-15-23(16-10-19)35(33,34)29(3)22-13-11-21(12-14-22)26(31)28-25-8-6-7-24(20(25)2)27(32)30-17-4-5-18-30/h6-16H,4-5,17-18H2,1-3H3,(H,28,31). The number of carbonyl (C=O) groups excluding carboxylic acids is 2. The molecule has 1 heterocycles. The Morgan fingerprint density at radius 2 is 1.51 bits per heavy atom. The maximum Gasteiger partial charge on any atom is 0.264 e. The van der Waals surface area contributed by atoms with Gasteiger partial charge in [-0.25, -0.2) is 8.42 Å². The number of amides is 2. The summed E-state index contributed by atoms with van der Waals surface area (Å²) in [7, 11) is -2.24. The molecule has 0 bridgehead atoms. The average molecular weight is 492 g/mol. The first kappa shape index (κ1) is 24.5. The van der Waals surface area contributed by atoms with Crippen LogP contribution in [0.1, 0.15) is 44.7 Å². The van der Waals surface area contributed by atoms with Crippen molar-refractivity contribution in [2.24, 2.45) is 0 Å². The normalized spacial score (nSPS) is 13.5. The van der Waals surface area contributed by atoms with E-state index in [0.717, 1.165) is 37.1 Å². The van der Waals surface area contributed by atoms with Crippen LogP contribution in [0.15, 0.2) is 71.6 Å². The molecule has 0 saturated carbocycles. The van der Waals surface area contributed by atoms with Gasteiger partial charge in [-0.1, -0.05) is 23.8 Å². The van der Waals surface area contributed by atoms with E-state index in [0.29, 0.717) is 22.5 Å². The van der Waals surface area contributed by atoms with Crippen molar-refractivity contribution in [1.82, 2.24) is 4.90 Å². The van der Waals surface area contributed by atoms with Crippen molar-refractivity contribution < 1.29 is 18.0 Å². The van der Waals surface area contributed by atoms with Crippen LogP contribution in [-0.2, 0) is 10.0 Å². The molecule has 4 rings (SSSR count). The first-order valence-electron chi connectivity index (χ1n) is 11.5. The van der Waals surface area contributed by atoms with Crippen LogP contribution in [0.2, 0.25) is 0 Å². The van der Waals surface area contributed by atoms with Gasteiger partial charge in [0, 0.05) is 37.0 Å². The maximum atomic E-state index is 12.9. The Labute approximate surface area is 206 Å². The molecule has 35 heavy (non-hydrogen) atoms. The van der Waals surface area contributed by atoms with E-state index < -0.39 is 10.0 Å². The molecule has 1 fully saturated rings. The third kappa shape index (κ3) is 5.07. The summed E-state index contributed by atoms with van der Waals surface area (Å²) in [6, 6.07) is 18.3. The fourth-order valence-electron chi connectivity index (χ4n) is 4.12. The highest BCUT2D eigenvalue weighted by atomic mass is 32.2. The molecular formula is C27H29N3O4S. The highest BCUT2D eigenvalue weighted by Crippen LogP contribution is 2.25. The Hall–Kier alpha value is -3.65. The minimum absolute atomic E-state index is 0.0155. The molecule has 0 aromatic heterocycles. The highest BCUT2D eigenvalue weighted by Gasteiger charge is 2.23. The number of nitrogens with one attached hydrogen (secondary N) is 1. The highest BCUT2D eigenvalue weighted by molar-refractivity contribution is 7.92. The molecule has 0 radical (unpaired) electrons. The topological polar surface area (TPSA) is 86.8 Å². The fourth-order valence-corrected chi connectivity index (χ4v) is 5.31. The largest absolute Gasteiger partial charge is 0.339 e. The van der Waals surface area contributed by atoms with E-state index in [-0.39, 0.29) is 16.7 Å². The van der Waals surface area contributed by atoms with E-state index in [9.17, 15) is 18.0 Å². The smallest absolute Gasteiger partial charge is 0.264 e. The second-order valence-corrected chi connectivity index (χ2v) is 10.7. The number of likely N-dealkylation sites (tertiary alicyclic amines) is 1. The molecule has 0 unspecified atom stereocenters. The Kier molecular flexibility index (Phi) is 6.93. The molecule has 1 N–H and O–H groups in total. The molecule has 0 spiro atoms. The third-order valence-corrected chi connectivity index (χ3v) is 8.18. The summed E-state index contributed by atoms with van der Waals surface area (Å²) < 4.78 is 27.1. The predicted octanol–water partition coefficient (Wildman–Crippen LogP) is 4.62. The zero-order valence-electron chi connectivity index (χ0n) is 20.1. The van der Waals surface area contributed by atoms with Crippen molar-refractivity contribution in [3.63, 3.8) is 0 Å². The SMILES string of the molecule is Cc1ccc(S(=O)(=O)N(C)c2ccc(C(=O)Nc3cccc(C(=O)N4CCCC4)c3C)cc2)cc1. The number of hydrogen-bond donors (Lipinski definition) is 1. The van der Waals surface area contributed by atoms with E-state index >= 15 is 0 Å². The monoisotopic (exact) mass is 491 g/mol. The van der Waals surface area contributed by atoms with E-state index in [1.807, 2.05) is 18.7 Å². The van der Waals surface area contributed by atoms with Crippen molar-refractivity contribution in [2.75, 3.05) is 29.8 Å². The molecular weight excluding hydrogens is 462 g/mol. The summed E-state index contributed by atoms with van der Waals surface area (Å²) in [6.07, 6.45) is 2.03. The van der Waals surface area contributed by atoms with Crippen LogP contribution in [0.4, 0.5) is 11.4 Å². The molecule has 182 valence electrons. The van der Waals surface area contributed by atoms with Crippen molar-refractivity contribution in [3.8, 4) is 0 Å². The van der Waals surface area contributed by atoms with Crippen molar-refractivity contribution >= 4 is 33.2 Å². The van der Waals surface area contributed by atoms with Gasteiger partial charge < -0.3 is 10.2 Å². The summed E-state index contributed by atoms with van der Waals surface area (Å²) in [5.41, 5.74) is 3.68. The number of anilines is 2. The van der Waals surface area contributed by atoms with Crippen LogP contribution in [0.25, 0.3) is 0 Å². The second-order valence-electron chi connectivity index (χ2n) is 8.76. The lowest BCUT2D eigenvalue weighted by molar-refractivity contribution is 0.0791. The molecule has 1 aliphatic heterocycles. The van der Waals surface area contributed by atoms with Gasteiger partial charge in [-0.15, -0.1) is 0 Å². The second kappa shape index (κ2) is 9.92. The van der Waals surface area contributed by atoms with Gasteiger partial charge in [-0.3, -0.25) is 13.9 Å². The summed E-state index contributed by atoms with van der Waals surface area (Å²) in [5, 5.41) is 2.88. The van der Waals surface area contributed by atoms with Crippen molar-refractivity contribution in [1.29, 1.82) is 0 Å². The Balaban J connectivity index is 1.49. The fraction of sp³-hybridized carbons (Fsp3) is 0.259. The average Bonchev–Trinajstić information content (AvgIpc) is 3.40. The molecule has 0 aliphatic carbocycles. The lowest BCUT2D eigenvalue weighted by atomic mass is 10.0. The van der Waals surface area contributed by atoms with Crippen LogP contribution in [0.3, 0.4) is 0 Å². The Morgan fingerprint density at radius 3 is 2.14 bits per heavy atom. The lowest BCUT2D eigenvalue weighted by Gasteiger charge is -2.20. The summed E-state index contributed by atoms with van der Waals surface area (Å²) >= 11 is 0. The molecule has 3 aromatic rings. The first-order chi connectivity index (χ1) is 16.7. The molecule has 3 aromatic carbocycles. The lowest BCUT2D eigenvalue weighted by Crippen LogP contribution is -2.28. The van der Waals surface area contributed by atoms with Crippen LogP contribution >= 0.6 is 0 Å². The maximum absolute atomic E-state index is 12.9. The number of rotatable bonds is 6. The van der Waals surface area contributed by atoms with Gasteiger partial charge in [0.05, 0.1) is 10.6 Å². The number of aryl methyl sites for hydroxylation is 1. The Bertz CT molecular complexity index is 1340. The molecule has 0 atom stereocenters. The van der Waals surface area contributed by atoms with Gasteiger partial charge in [0.15, 0.2) is 0 Å². The number of nitrogens with zero attached hydrogens (tertiary/aromatic N) is 2. The minimum Gasteiger partial charge on any atom is -0.339 e. The van der Waals surface area contributed by atoms with Gasteiger partial charge in [-0.2, -0.15) is 0 Å². The quantitative estimate of drug-likeness (QED) is 0.545. The van der Waals surface area contributed by atoms with Gasteiger partial charge in [-0.05, 0) is 80.8 Å². The van der Waals surface area contributed by atoms with E-state index in [1.54, 1.807) is 66.7 Å². The number of hydrogen-bond acceptors (Lipinski definition) is 4. The van der Waals surface area contributed by atoms with Crippen molar-refractivity contribution in [2.45, 2.75) is 31.6 Å². The summed E-state index contributed by atoms with van der Waals surface area (Å²) in [4.78, 5) is 27.8. The number of benzene rings is 3. The summed E-state index contributed by atoms with van der Waals surface area (Å²) in [5.74, 6) is -0.354. The van der Waals surface area contributed by atoms with Crippen LogP contribution in [0, 0.1) is 13.8 Å². The van der Waals surface area contributed by atoms with Crippen molar-refractivity contribution in [3.05, 3.63) is 89.0 Å². The van der Waals surface area contributed by atoms with Gasteiger partial charge in [0.2, 0.25) is 0 Å². The van der Waals surface area contributed by atoms with Gasteiger partial charge in [0.25, 0.3) is 21.8 Å². The van der Waals surface area contributed by atoms with E-state index in [4.69, 9.17) is 0 Å². The van der Waals surface area contributed by atoms with Crippen LogP contribution < -0.4 is 9.62 Å². The van der Waals surface area contributed by atoms with Gasteiger partial charge in [0.1, 0.15) is 0 Å². The Morgan fingerprint density at radius 1 is 0.886 bits per heavy atom. The first-order valence-corrected chi connectivity index (χ1v) is 13.0. The van der Waals surface area contributed by atoms with Crippen LogP contribution in [-0.4, -0.2) is 45.3 Å². The zero-order chi connectivity index (χ0) is 25.2. The molecule has 8 heteroatoms. The van der Waals surface area contributed by atoms with E-state index in [1.165, 1.54) is 11.4 Å². The molecule has 1 aliphatic rings. The molecule has 7 nitrogen and oxygen atoms in total.